The maximum Gasteiger partial charge on any atom is 0.338 e. The number of ether oxygens (including phenoxy) is 1. The van der Waals surface area contributed by atoms with Crippen LogP contribution in [0.25, 0.3) is 0 Å². The highest BCUT2D eigenvalue weighted by atomic mass is 35.5. The summed E-state index contributed by atoms with van der Waals surface area (Å²) in [7, 11) is 0. The molecule has 0 amide bonds. The number of carbonyl (C=O) groups is 1. The molecule has 0 radical (unpaired) electrons. The first-order chi connectivity index (χ1) is 8.54. The van der Waals surface area contributed by atoms with Gasteiger partial charge in [-0.1, -0.05) is 0 Å². The molecular weight excluding hydrogens is 264 g/mol. The van der Waals surface area contributed by atoms with Gasteiger partial charge in [0.1, 0.15) is 0 Å². The van der Waals surface area contributed by atoms with Crippen LogP contribution in [0.4, 0.5) is 8.78 Å². The molecule has 0 saturated heterocycles. The normalized spacial score (nSPS) is 10.2. The van der Waals surface area contributed by atoms with Gasteiger partial charge in [-0.05, 0) is 24.6 Å². The van der Waals surface area contributed by atoms with E-state index in [4.69, 9.17) is 21.6 Å². The van der Waals surface area contributed by atoms with Crippen molar-refractivity contribution in [2.24, 2.45) is 0 Å². The molecule has 18 heavy (non-hydrogen) atoms. The third kappa shape index (κ3) is 2.96. The first-order valence-corrected chi connectivity index (χ1v) is 5.66. The first-order valence-electron chi connectivity index (χ1n) is 5.13. The average Bonchev–Trinajstić information content (AvgIpc) is 2.37. The SMILES string of the molecule is CCOC(=O)c1cc(C#N)c(C(F)F)cc1CCl. The lowest BCUT2D eigenvalue weighted by Crippen LogP contribution is -2.09. The molecule has 0 spiro atoms. The van der Waals surface area contributed by atoms with Gasteiger partial charge in [-0.2, -0.15) is 5.26 Å². The van der Waals surface area contributed by atoms with E-state index in [9.17, 15) is 13.6 Å². The van der Waals surface area contributed by atoms with E-state index in [1.807, 2.05) is 0 Å². The van der Waals surface area contributed by atoms with Gasteiger partial charge in [0.25, 0.3) is 6.43 Å². The van der Waals surface area contributed by atoms with Crippen molar-refractivity contribution >= 4 is 17.6 Å². The topological polar surface area (TPSA) is 50.1 Å². The fourth-order valence-electron chi connectivity index (χ4n) is 1.45. The van der Waals surface area contributed by atoms with Gasteiger partial charge in [0.2, 0.25) is 0 Å². The molecule has 0 bridgehead atoms. The molecule has 6 heteroatoms. The number of halogens is 3. The number of esters is 1. The minimum atomic E-state index is -2.79. The fourth-order valence-corrected chi connectivity index (χ4v) is 1.67. The Kier molecular flexibility index (Phi) is 5.05. The standard InChI is InChI=1S/C12H10ClF2NO2/c1-2-18-12(17)10-4-8(6-16)9(11(14)15)3-7(10)5-13/h3-4,11H,2,5H2,1H3. The van der Waals surface area contributed by atoms with Gasteiger partial charge in [-0.3, -0.25) is 0 Å². The predicted octanol–water partition coefficient (Wildman–Crippen LogP) is 3.41. The van der Waals surface area contributed by atoms with Crippen LogP contribution in [0, 0.1) is 11.3 Å². The summed E-state index contributed by atoms with van der Waals surface area (Å²) in [5.74, 6) is -0.787. The molecule has 1 aromatic rings. The zero-order valence-electron chi connectivity index (χ0n) is 9.54. The Morgan fingerprint density at radius 2 is 2.22 bits per heavy atom. The first kappa shape index (κ1) is 14.4. The van der Waals surface area contributed by atoms with Gasteiger partial charge in [0.15, 0.2) is 0 Å². The lowest BCUT2D eigenvalue weighted by molar-refractivity contribution is 0.0525. The summed E-state index contributed by atoms with van der Waals surface area (Å²) < 4.78 is 30.2. The molecule has 0 N–H and O–H groups in total. The molecule has 1 aromatic carbocycles. The van der Waals surface area contributed by atoms with Crippen molar-refractivity contribution < 1.29 is 18.3 Å². The van der Waals surface area contributed by atoms with Gasteiger partial charge >= 0.3 is 5.97 Å². The zero-order valence-corrected chi connectivity index (χ0v) is 10.3. The second kappa shape index (κ2) is 6.31. The Morgan fingerprint density at radius 1 is 1.56 bits per heavy atom. The monoisotopic (exact) mass is 273 g/mol. The lowest BCUT2D eigenvalue weighted by Gasteiger charge is -2.10. The van der Waals surface area contributed by atoms with Crippen LogP contribution >= 0.6 is 11.6 Å². The van der Waals surface area contributed by atoms with Gasteiger partial charge in [0, 0.05) is 11.4 Å². The molecule has 1 rings (SSSR count). The van der Waals surface area contributed by atoms with E-state index in [0.29, 0.717) is 0 Å². The number of rotatable bonds is 4. The summed E-state index contributed by atoms with van der Waals surface area (Å²) in [4.78, 5) is 11.6. The summed E-state index contributed by atoms with van der Waals surface area (Å²) in [6.45, 7) is 1.77. The van der Waals surface area contributed by atoms with E-state index in [2.05, 4.69) is 0 Å². The minimum absolute atomic E-state index is 0.0489. The van der Waals surface area contributed by atoms with Crippen molar-refractivity contribution in [3.05, 3.63) is 34.4 Å². The average molecular weight is 274 g/mol. The van der Waals surface area contributed by atoms with Crippen LogP contribution in [-0.4, -0.2) is 12.6 Å². The minimum Gasteiger partial charge on any atom is -0.462 e. The highest BCUT2D eigenvalue weighted by molar-refractivity contribution is 6.17. The number of nitrogens with zero attached hydrogens (tertiary/aromatic N) is 1. The second-order valence-electron chi connectivity index (χ2n) is 3.36. The van der Waals surface area contributed by atoms with Crippen molar-refractivity contribution in [1.29, 1.82) is 5.26 Å². The molecule has 0 unspecified atom stereocenters. The van der Waals surface area contributed by atoms with Crippen LogP contribution in [0.5, 0.6) is 0 Å². The molecule has 3 nitrogen and oxygen atoms in total. The number of carbonyl (C=O) groups excluding carboxylic acids is 1. The molecule has 0 saturated carbocycles. The lowest BCUT2D eigenvalue weighted by atomic mass is 10.00. The Labute approximate surface area is 108 Å². The van der Waals surface area contributed by atoms with Gasteiger partial charge in [-0.15, -0.1) is 11.6 Å². The molecule has 96 valence electrons. The Hall–Kier alpha value is -1.67. The van der Waals surface area contributed by atoms with Gasteiger partial charge < -0.3 is 4.74 Å². The van der Waals surface area contributed by atoms with Gasteiger partial charge in [0.05, 0.1) is 23.8 Å². The summed E-state index contributed by atoms with van der Waals surface area (Å²) in [5.41, 5.74) is -0.402. The van der Waals surface area contributed by atoms with E-state index >= 15 is 0 Å². The molecule has 0 aliphatic rings. The maximum absolute atomic E-state index is 12.7. The number of benzene rings is 1. The van der Waals surface area contributed by atoms with Crippen molar-refractivity contribution in [2.45, 2.75) is 19.2 Å². The van der Waals surface area contributed by atoms with E-state index in [0.717, 1.165) is 12.1 Å². The Bertz CT molecular complexity index is 498. The van der Waals surface area contributed by atoms with E-state index in [-0.39, 0.29) is 29.2 Å². The third-order valence-electron chi connectivity index (χ3n) is 2.27. The fraction of sp³-hybridized carbons (Fsp3) is 0.333. The molecular formula is C12H10ClF2NO2. The maximum atomic E-state index is 12.7. The second-order valence-corrected chi connectivity index (χ2v) is 3.63. The summed E-state index contributed by atoms with van der Waals surface area (Å²) in [6, 6.07) is 3.80. The van der Waals surface area contributed by atoms with E-state index < -0.39 is 18.0 Å². The highest BCUT2D eigenvalue weighted by Crippen LogP contribution is 2.27. The van der Waals surface area contributed by atoms with Crippen molar-refractivity contribution in [2.75, 3.05) is 6.61 Å². The zero-order chi connectivity index (χ0) is 13.7. The predicted molar refractivity (Wildman–Crippen MR) is 61.6 cm³/mol. The Morgan fingerprint density at radius 3 is 2.67 bits per heavy atom. The van der Waals surface area contributed by atoms with E-state index in [1.54, 1.807) is 13.0 Å². The molecule has 0 fully saturated rings. The summed E-state index contributed by atoms with van der Waals surface area (Å²) >= 11 is 5.61. The Balaban J connectivity index is 3.36. The number of hydrogen-bond acceptors (Lipinski definition) is 3. The van der Waals surface area contributed by atoms with Crippen LogP contribution in [0.3, 0.4) is 0 Å². The van der Waals surface area contributed by atoms with Gasteiger partial charge in [-0.25, -0.2) is 13.6 Å². The molecule has 0 aliphatic heterocycles. The highest BCUT2D eigenvalue weighted by Gasteiger charge is 2.20. The van der Waals surface area contributed by atoms with Crippen molar-refractivity contribution in [3.8, 4) is 6.07 Å². The van der Waals surface area contributed by atoms with Crippen molar-refractivity contribution in [3.63, 3.8) is 0 Å². The van der Waals surface area contributed by atoms with Crippen molar-refractivity contribution in [1.82, 2.24) is 0 Å². The smallest absolute Gasteiger partial charge is 0.338 e. The summed E-state index contributed by atoms with van der Waals surface area (Å²) in [6.07, 6.45) is -2.79. The van der Waals surface area contributed by atoms with Crippen LogP contribution in [-0.2, 0) is 10.6 Å². The van der Waals surface area contributed by atoms with Crippen LogP contribution < -0.4 is 0 Å². The number of nitriles is 1. The quantitative estimate of drug-likeness (QED) is 0.624. The summed E-state index contributed by atoms with van der Waals surface area (Å²) in [5, 5.41) is 8.80. The third-order valence-corrected chi connectivity index (χ3v) is 2.56. The van der Waals surface area contributed by atoms with Crippen LogP contribution in [0.2, 0.25) is 0 Å². The molecule has 0 heterocycles. The molecule has 0 aliphatic carbocycles. The largest absolute Gasteiger partial charge is 0.462 e. The van der Waals surface area contributed by atoms with Crippen LogP contribution in [0.1, 0.15) is 40.4 Å². The molecule has 0 atom stereocenters. The number of hydrogen-bond donors (Lipinski definition) is 0. The van der Waals surface area contributed by atoms with E-state index in [1.165, 1.54) is 0 Å². The number of alkyl halides is 3. The molecule has 0 aromatic heterocycles. The van der Waals surface area contributed by atoms with Crippen LogP contribution in [0.15, 0.2) is 12.1 Å².